The maximum absolute atomic E-state index is 12.3. The van der Waals surface area contributed by atoms with Gasteiger partial charge < -0.3 is 10.6 Å². The molecule has 1 amide bonds. The van der Waals surface area contributed by atoms with Crippen LogP contribution in [0.2, 0.25) is 4.34 Å². The molecule has 1 unspecified atom stereocenters. The first kappa shape index (κ1) is 14.6. The third kappa shape index (κ3) is 2.71. The first-order valence-electron chi connectivity index (χ1n) is 7.33. The van der Waals surface area contributed by atoms with Crippen LogP contribution < -0.4 is 10.6 Å². The Morgan fingerprint density at radius 1 is 1.48 bits per heavy atom. The number of thiazole rings is 1. The van der Waals surface area contributed by atoms with Crippen molar-refractivity contribution in [1.29, 1.82) is 0 Å². The molecule has 1 atom stereocenters. The van der Waals surface area contributed by atoms with Crippen molar-refractivity contribution in [2.75, 3.05) is 13.1 Å². The average molecular weight is 348 g/mol. The molecular weight excluding hydrogens is 334 g/mol. The van der Waals surface area contributed by atoms with E-state index in [9.17, 15) is 4.79 Å². The second-order valence-electron chi connectivity index (χ2n) is 5.39. The van der Waals surface area contributed by atoms with Gasteiger partial charge in [0.05, 0.1) is 11.7 Å². The summed E-state index contributed by atoms with van der Waals surface area (Å²) in [6, 6.07) is 5.94. The molecular formula is C15H14ClN5OS. The highest BCUT2D eigenvalue weighted by Crippen LogP contribution is 2.34. The summed E-state index contributed by atoms with van der Waals surface area (Å²) in [4.78, 5) is 16.8. The Labute approximate surface area is 141 Å². The molecule has 1 aliphatic rings. The fourth-order valence-electron chi connectivity index (χ4n) is 2.71. The molecule has 0 aliphatic carbocycles. The van der Waals surface area contributed by atoms with Crippen molar-refractivity contribution in [3.8, 4) is 11.3 Å². The number of carbonyl (C=O) groups excluding carboxylic acids is 1. The predicted molar refractivity (Wildman–Crippen MR) is 90.1 cm³/mol. The van der Waals surface area contributed by atoms with Crippen LogP contribution in [-0.2, 0) is 0 Å². The third-order valence-electron chi connectivity index (χ3n) is 3.86. The van der Waals surface area contributed by atoms with Crippen molar-refractivity contribution in [1.82, 2.24) is 25.2 Å². The first-order valence-corrected chi connectivity index (χ1v) is 8.52. The summed E-state index contributed by atoms with van der Waals surface area (Å²) in [5.41, 5.74) is 2.34. The van der Waals surface area contributed by atoms with Gasteiger partial charge >= 0.3 is 0 Å². The highest BCUT2D eigenvalue weighted by atomic mass is 35.5. The lowest BCUT2D eigenvalue weighted by Crippen LogP contribution is -2.36. The Morgan fingerprint density at radius 3 is 3.22 bits per heavy atom. The van der Waals surface area contributed by atoms with Gasteiger partial charge in [0.1, 0.15) is 10.0 Å². The smallest absolute Gasteiger partial charge is 0.280 e. The SMILES string of the molecule is O=C(NC1CCNC1)c1nc(-c2cnn3ccccc23)c(Cl)s1. The van der Waals surface area contributed by atoms with E-state index in [0.29, 0.717) is 15.0 Å². The van der Waals surface area contributed by atoms with Gasteiger partial charge in [0.15, 0.2) is 5.01 Å². The lowest BCUT2D eigenvalue weighted by molar-refractivity contribution is 0.0940. The average Bonchev–Trinajstić information content (AvgIpc) is 3.26. The van der Waals surface area contributed by atoms with E-state index in [1.807, 2.05) is 24.4 Å². The number of carbonyl (C=O) groups is 1. The van der Waals surface area contributed by atoms with Crippen molar-refractivity contribution in [2.24, 2.45) is 0 Å². The van der Waals surface area contributed by atoms with E-state index in [2.05, 4.69) is 20.7 Å². The molecule has 3 aromatic heterocycles. The minimum absolute atomic E-state index is 0.158. The Morgan fingerprint density at radius 2 is 2.39 bits per heavy atom. The lowest BCUT2D eigenvalue weighted by atomic mass is 10.2. The first-order chi connectivity index (χ1) is 11.2. The Hall–Kier alpha value is -1.96. The summed E-state index contributed by atoms with van der Waals surface area (Å²) < 4.78 is 2.26. The number of halogens is 1. The number of hydrogen-bond donors (Lipinski definition) is 2. The molecule has 0 radical (unpaired) electrons. The van der Waals surface area contributed by atoms with Gasteiger partial charge in [0.2, 0.25) is 0 Å². The predicted octanol–water partition coefficient (Wildman–Crippen LogP) is 2.20. The number of fused-ring (bicyclic) bond motifs is 1. The van der Waals surface area contributed by atoms with Gasteiger partial charge in [-0.2, -0.15) is 5.10 Å². The summed E-state index contributed by atoms with van der Waals surface area (Å²) >= 11 is 7.52. The van der Waals surface area contributed by atoms with E-state index in [4.69, 9.17) is 11.6 Å². The molecule has 0 spiro atoms. The van der Waals surface area contributed by atoms with Gasteiger partial charge in [-0.15, -0.1) is 0 Å². The Bertz CT molecular complexity index is 868. The fraction of sp³-hybridized carbons (Fsp3) is 0.267. The minimum Gasteiger partial charge on any atom is -0.346 e. The van der Waals surface area contributed by atoms with Crippen LogP contribution in [0.25, 0.3) is 16.8 Å². The van der Waals surface area contributed by atoms with E-state index in [1.165, 1.54) is 11.3 Å². The number of amides is 1. The standard InChI is InChI=1S/C15H14ClN5OS/c16-13-12(10-8-18-21-6-2-1-3-11(10)21)20-15(23-13)14(22)19-9-4-5-17-7-9/h1-3,6,8-9,17H,4-5,7H2,(H,19,22). The molecule has 23 heavy (non-hydrogen) atoms. The molecule has 1 fully saturated rings. The molecule has 0 bridgehead atoms. The van der Waals surface area contributed by atoms with E-state index in [0.717, 1.165) is 30.6 Å². The zero-order valence-corrected chi connectivity index (χ0v) is 13.7. The summed E-state index contributed by atoms with van der Waals surface area (Å²) in [5.74, 6) is -0.173. The lowest BCUT2D eigenvalue weighted by Gasteiger charge is -2.08. The van der Waals surface area contributed by atoms with Crippen molar-refractivity contribution >= 4 is 34.4 Å². The quantitative estimate of drug-likeness (QED) is 0.762. The van der Waals surface area contributed by atoms with Crippen molar-refractivity contribution in [3.63, 3.8) is 0 Å². The van der Waals surface area contributed by atoms with Crippen LogP contribution in [0, 0.1) is 0 Å². The van der Waals surface area contributed by atoms with Gasteiger partial charge in [0.25, 0.3) is 5.91 Å². The Balaban J connectivity index is 1.65. The number of nitrogens with zero attached hydrogens (tertiary/aromatic N) is 3. The Kier molecular flexibility index (Phi) is 3.76. The number of rotatable bonds is 3. The number of pyridine rings is 1. The molecule has 0 aromatic carbocycles. The van der Waals surface area contributed by atoms with Crippen LogP contribution in [0.5, 0.6) is 0 Å². The highest BCUT2D eigenvalue weighted by molar-refractivity contribution is 7.18. The fourth-order valence-corrected chi connectivity index (χ4v) is 3.78. The second-order valence-corrected chi connectivity index (χ2v) is 6.99. The van der Waals surface area contributed by atoms with Gasteiger partial charge in [-0.3, -0.25) is 4.79 Å². The summed E-state index contributed by atoms with van der Waals surface area (Å²) in [6.07, 6.45) is 4.52. The largest absolute Gasteiger partial charge is 0.346 e. The van der Waals surface area contributed by atoms with Crippen LogP contribution >= 0.6 is 22.9 Å². The van der Waals surface area contributed by atoms with Crippen molar-refractivity contribution in [2.45, 2.75) is 12.5 Å². The molecule has 4 heterocycles. The summed E-state index contributed by atoms with van der Waals surface area (Å²) in [6.45, 7) is 1.73. The van der Waals surface area contributed by atoms with E-state index in [1.54, 1.807) is 10.7 Å². The van der Waals surface area contributed by atoms with Gasteiger partial charge in [-0.25, -0.2) is 9.50 Å². The van der Waals surface area contributed by atoms with E-state index in [-0.39, 0.29) is 11.9 Å². The molecule has 8 heteroatoms. The highest BCUT2D eigenvalue weighted by Gasteiger charge is 2.22. The molecule has 0 saturated carbocycles. The number of aromatic nitrogens is 3. The zero-order chi connectivity index (χ0) is 15.8. The van der Waals surface area contributed by atoms with Gasteiger partial charge in [-0.1, -0.05) is 29.0 Å². The van der Waals surface area contributed by atoms with Gasteiger partial charge in [-0.05, 0) is 25.1 Å². The van der Waals surface area contributed by atoms with Crippen LogP contribution in [-0.4, -0.2) is 39.6 Å². The summed E-state index contributed by atoms with van der Waals surface area (Å²) in [7, 11) is 0. The van der Waals surface area contributed by atoms with Crippen molar-refractivity contribution in [3.05, 3.63) is 39.9 Å². The van der Waals surface area contributed by atoms with Crippen LogP contribution in [0.3, 0.4) is 0 Å². The zero-order valence-electron chi connectivity index (χ0n) is 12.1. The van der Waals surface area contributed by atoms with Crippen LogP contribution in [0.15, 0.2) is 30.6 Å². The van der Waals surface area contributed by atoms with Crippen molar-refractivity contribution < 1.29 is 4.79 Å². The van der Waals surface area contributed by atoms with E-state index >= 15 is 0 Å². The molecule has 6 nitrogen and oxygen atoms in total. The molecule has 4 rings (SSSR count). The van der Waals surface area contributed by atoms with Gasteiger partial charge in [0, 0.05) is 24.3 Å². The molecule has 3 aromatic rings. The number of nitrogens with one attached hydrogen (secondary N) is 2. The molecule has 1 saturated heterocycles. The molecule has 1 aliphatic heterocycles. The van der Waals surface area contributed by atoms with Crippen LogP contribution in [0.1, 0.15) is 16.2 Å². The maximum Gasteiger partial charge on any atom is 0.280 e. The summed E-state index contributed by atoms with van der Waals surface area (Å²) in [5, 5.41) is 10.9. The van der Waals surface area contributed by atoms with Crippen LogP contribution in [0.4, 0.5) is 0 Å². The second kappa shape index (κ2) is 5.92. The third-order valence-corrected chi connectivity index (χ3v) is 5.11. The molecule has 118 valence electrons. The molecule has 2 N–H and O–H groups in total. The normalized spacial score (nSPS) is 17.7. The topological polar surface area (TPSA) is 71.3 Å². The maximum atomic E-state index is 12.3. The van der Waals surface area contributed by atoms with E-state index < -0.39 is 0 Å². The number of hydrogen-bond acceptors (Lipinski definition) is 5. The monoisotopic (exact) mass is 347 g/mol. The minimum atomic E-state index is -0.173.